The SMILES string of the molecule is O=C(NCCN1CCC(n2c(=O)[nH]c3ccccc32)CC1)c1ccncc1. The van der Waals surface area contributed by atoms with Gasteiger partial charge in [-0.1, -0.05) is 12.1 Å². The summed E-state index contributed by atoms with van der Waals surface area (Å²) >= 11 is 0. The predicted octanol–water partition coefficient (Wildman–Crippen LogP) is 1.79. The summed E-state index contributed by atoms with van der Waals surface area (Å²) in [4.78, 5) is 33.6. The molecule has 1 fully saturated rings. The Bertz CT molecular complexity index is 971. The van der Waals surface area contributed by atoms with E-state index >= 15 is 0 Å². The molecule has 1 aliphatic rings. The van der Waals surface area contributed by atoms with E-state index in [1.54, 1.807) is 24.5 Å². The number of imidazole rings is 1. The first-order chi connectivity index (χ1) is 13.2. The number of benzene rings is 1. The summed E-state index contributed by atoms with van der Waals surface area (Å²) in [5, 5.41) is 2.95. The second-order valence-corrected chi connectivity index (χ2v) is 6.88. The maximum Gasteiger partial charge on any atom is 0.326 e. The van der Waals surface area contributed by atoms with E-state index in [1.165, 1.54) is 0 Å². The number of aromatic nitrogens is 3. The van der Waals surface area contributed by atoms with Gasteiger partial charge >= 0.3 is 5.69 Å². The van der Waals surface area contributed by atoms with Crippen LogP contribution < -0.4 is 11.0 Å². The van der Waals surface area contributed by atoms with Crippen LogP contribution in [0.15, 0.2) is 53.6 Å². The minimum Gasteiger partial charge on any atom is -0.351 e. The highest BCUT2D eigenvalue weighted by atomic mass is 16.2. The van der Waals surface area contributed by atoms with Crippen LogP contribution >= 0.6 is 0 Å². The first-order valence-electron chi connectivity index (χ1n) is 9.32. The molecule has 1 aromatic carbocycles. The number of pyridine rings is 1. The molecule has 1 aliphatic heterocycles. The highest BCUT2D eigenvalue weighted by Crippen LogP contribution is 2.24. The molecule has 2 aromatic heterocycles. The minimum absolute atomic E-state index is 0.0285. The van der Waals surface area contributed by atoms with Gasteiger partial charge in [0.05, 0.1) is 11.0 Å². The lowest BCUT2D eigenvalue weighted by molar-refractivity contribution is 0.0944. The summed E-state index contributed by atoms with van der Waals surface area (Å²) in [5.41, 5.74) is 2.47. The van der Waals surface area contributed by atoms with Gasteiger partial charge in [0, 0.05) is 50.2 Å². The van der Waals surface area contributed by atoms with E-state index < -0.39 is 0 Å². The molecule has 0 spiro atoms. The molecular weight excluding hydrogens is 342 g/mol. The summed E-state index contributed by atoms with van der Waals surface area (Å²) in [5.74, 6) is -0.0716. The molecule has 0 unspecified atom stereocenters. The zero-order valence-electron chi connectivity index (χ0n) is 15.1. The molecule has 7 heteroatoms. The monoisotopic (exact) mass is 365 g/mol. The third-order valence-electron chi connectivity index (χ3n) is 5.20. The first-order valence-corrected chi connectivity index (χ1v) is 9.32. The molecule has 0 atom stereocenters. The lowest BCUT2D eigenvalue weighted by atomic mass is 10.0. The normalized spacial score (nSPS) is 15.9. The summed E-state index contributed by atoms with van der Waals surface area (Å²) in [6.45, 7) is 3.26. The number of H-pyrrole nitrogens is 1. The average molecular weight is 365 g/mol. The quantitative estimate of drug-likeness (QED) is 0.722. The third kappa shape index (κ3) is 3.78. The highest BCUT2D eigenvalue weighted by molar-refractivity contribution is 5.93. The van der Waals surface area contributed by atoms with E-state index in [1.807, 2.05) is 28.8 Å². The fraction of sp³-hybridized carbons (Fsp3) is 0.350. The van der Waals surface area contributed by atoms with Gasteiger partial charge in [-0.25, -0.2) is 4.79 Å². The molecule has 7 nitrogen and oxygen atoms in total. The Morgan fingerprint density at radius 1 is 1.15 bits per heavy atom. The lowest BCUT2D eigenvalue weighted by Gasteiger charge is -2.32. The van der Waals surface area contributed by atoms with E-state index in [-0.39, 0.29) is 17.6 Å². The smallest absolute Gasteiger partial charge is 0.326 e. The molecule has 2 N–H and O–H groups in total. The number of nitrogens with zero attached hydrogens (tertiary/aromatic N) is 3. The van der Waals surface area contributed by atoms with Crippen LogP contribution in [-0.4, -0.2) is 51.5 Å². The predicted molar refractivity (Wildman–Crippen MR) is 104 cm³/mol. The maximum atomic E-state index is 12.3. The van der Waals surface area contributed by atoms with Crippen molar-refractivity contribution in [3.63, 3.8) is 0 Å². The van der Waals surface area contributed by atoms with Crippen LogP contribution in [0.25, 0.3) is 11.0 Å². The summed E-state index contributed by atoms with van der Waals surface area (Å²) < 4.78 is 1.90. The van der Waals surface area contributed by atoms with E-state index in [0.717, 1.165) is 43.5 Å². The number of piperidine rings is 1. The molecule has 3 heterocycles. The second kappa shape index (κ2) is 7.75. The van der Waals surface area contributed by atoms with Gasteiger partial charge in [-0.3, -0.25) is 14.3 Å². The molecule has 1 saturated heterocycles. The number of para-hydroxylation sites is 2. The summed E-state index contributed by atoms with van der Waals surface area (Å²) in [7, 11) is 0. The van der Waals surface area contributed by atoms with Gasteiger partial charge in [-0.05, 0) is 37.1 Å². The molecular formula is C20H23N5O2. The number of aromatic amines is 1. The molecule has 4 rings (SSSR count). The standard InChI is InChI=1S/C20H23N5O2/c26-19(15-5-9-21-10-6-15)22-11-14-24-12-7-16(8-13-24)25-18-4-2-1-3-17(18)23-20(25)27/h1-6,9-10,16H,7-8,11-14H2,(H,22,26)(H,23,27). The Morgan fingerprint density at radius 3 is 2.67 bits per heavy atom. The largest absolute Gasteiger partial charge is 0.351 e. The Balaban J connectivity index is 1.30. The number of hydrogen-bond donors (Lipinski definition) is 2. The van der Waals surface area contributed by atoms with E-state index in [0.29, 0.717) is 12.1 Å². The van der Waals surface area contributed by atoms with E-state index in [9.17, 15) is 9.59 Å². The molecule has 0 bridgehead atoms. The van der Waals surface area contributed by atoms with Crippen molar-refractivity contribution in [1.82, 2.24) is 24.8 Å². The van der Waals surface area contributed by atoms with Gasteiger partial charge in [-0.15, -0.1) is 0 Å². The minimum atomic E-state index is -0.0716. The zero-order chi connectivity index (χ0) is 18.6. The van der Waals surface area contributed by atoms with Crippen molar-refractivity contribution >= 4 is 16.9 Å². The number of nitrogens with one attached hydrogen (secondary N) is 2. The fourth-order valence-electron chi connectivity index (χ4n) is 3.77. The van der Waals surface area contributed by atoms with Crippen molar-refractivity contribution in [2.75, 3.05) is 26.2 Å². The number of carbonyl (C=O) groups is 1. The molecule has 0 saturated carbocycles. The van der Waals surface area contributed by atoms with Crippen molar-refractivity contribution in [3.8, 4) is 0 Å². The Labute approximate surface area is 157 Å². The van der Waals surface area contributed by atoms with Crippen molar-refractivity contribution in [2.24, 2.45) is 0 Å². The Kier molecular flexibility index (Phi) is 5.02. The number of amides is 1. The van der Waals surface area contributed by atoms with Crippen molar-refractivity contribution in [1.29, 1.82) is 0 Å². The molecule has 27 heavy (non-hydrogen) atoms. The number of fused-ring (bicyclic) bond motifs is 1. The van der Waals surface area contributed by atoms with Crippen LogP contribution in [0.1, 0.15) is 29.2 Å². The van der Waals surface area contributed by atoms with Gasteiger partial charge in [0.2, 0.25) is 0 Å². The van der Waals surface area contributed by atoms with Crippen LogP contribution in [-0.2, 0) is 0 Å². The van der Waals surface area contributed by atoms with Gasteiger partial charge < -0.3 is 15.2 Å². The first kappa shape index (κ1) is 17.5. The molecule has 140 valence electrons. The summed E-state index contributed by atoms with van der Waals surface area (Å²) in [6.07, 6.45) is 5.10. The molecule has 0 radical (unpaired) electrons. The molecule has 3 aromatic rings. The van der Waals surface area contributed by atoms with Gasteiger partial charge in [0.1, 0.15) is 0 Å². The number of likely N-dealkylation sites (tertiary alicyclic amines) is 1. The van der Waals surface area contributed by atoms with Crippen molar-refractivity contribution < 1.29 is 4.79 Å². The van der Waals surface area contributed by atoms with Crippen LogP contribution in [0.4, 0.5) is 0 Å². The number of hydrogen-bond acceptors (Lipinski definition) is 4. The second-order valence-electron chi connectivity index (χ2n) is 6.88. The fourth-order valence-corrected chi connectivity index (χ4v) is 3.77. The van der Waals surface area contributed by atoms with Crippen molar-refractivity contribution in [3.05, 3.63) is 64.8 Å². The van der Waals surface area contributed by atoms with Crippen LogP contribution in [0.3, 0.4) is 0 Å². The zero-order valence-corrected chi connectivity index (χ0v) is 15.1. The Hall–Kier alpha value is -2.93. The van der Waals surface area contributed by atoms with E-state index in [2.05, 4.69) is 20.2 Å². The van der Waals surface area contributed by atoms with Crippen LogP contribution in [0.2, 0.25) is 0 Å². The lowest BCUT2D eigenvalue weighted by Crippen LogP contribution is -2.41. The topological polar surface area (TPSA) is 83.0 Å². The molecule has 1 amide bonds. The number of carbonyl (C=O) groups excluding carboxylic acids is 1. The van der Waals surface area contributed by atoms with Crippen LogP contribution in [0.5, 0.6) is 0 Å². The average Bonchev–Trinajstić information content (AvgIpc) is 3.05. The van der Waals surface area contributed by atoms with Crippen molar-refractivity contribution in [2.45, 2.75) is 18.9 Å². The van der Waals surface area contributed by atoms with Gasteiger partial charge in [0.25, 0.3) is 5.91 Å². The van der Waals surface area contributed by atoms with Crippen LogP contribution in [0, 0.1) is 0 Å². The highest BCUT2D eigenvalue weighted by Gasteiger charge is 2.23. The Morgan fingerprint density at radius 2 is 1.89 bits per heavy atom. The van der Waals surface area contributed by atoms with Gasteiger partial charge in [0.15, 0.2) is 0 Å². The third-order valence-corrected chi connectivity index (χ3v) is 5.20. The van der Waals surface area contributed by atoms with E-state index in [4.69, 9.17) is 0 Å². The molecule has 0 aliphatic carbocycles. The van der Waals surface area contributed by atoms with Gasteiger partial charge in [-0.2, -0.15) is 0 Å². The number of rotatable bonds is 5. The summed E-state index contributed by atoms with van der Waals surface area (Å²) in [6, 6.07) is 11.5. The maximum absolute atomic E-state index is 12.3.